The van der Waals surface area contributed by atoms with Crippen LogP contribution in [0, 0.1) is 10.1 Å². The molecule has 0 aromatic carbocycles. The van der Waals surface area contributed by atoms with Gasteiger partial charge in [-0.2, -0.15) is 0 Å². The molecule has 3 N–H and O–H groups in total. The molecule has 2 fully saturated rings. The number of fused-ring (bicyclic) bond motifs is 1. The van der Waals surface area contributed by atoms with E-state index in [1.165, 1.54) is 12.7 Å². The van der Waals surface area contributed by atoms with Crippen molar-refractivity contribution in [3.05, 3.63) is 16.4 Å². The zero-order valence-corrected chi connectivity index (χ0v) is 11.9. The van der Waals surface area contributed by atoms with Crippen molar-refractivity contribution < 1.29 is 4.92 Å². The Bertz CT molecular complexity index is 552. The monoisotopic (exact) mass is 293 g/mol. The number of nitrogen functional groups attached to an aromatic ring is 1. The highest BCUT2D eigenvalue weighted by molar-refractivity contribution is 5.70. The van der Waals surface area contributed by atoms with Crippen molar-refractivity contribution in [2.24, 2.45) is 5.84 Å². The van der Waals surface area contributed by atoms with Gasteiger partial charge in [-0.25, -0.2) is 15.8 Å². The van der Waals surface area contributed by atoms with Gasteiger partial charge in [0.05, 0.1) is 4.92 Å². The molecule has 2 saturated heterocycles. The highest BCUT2D eigenvalue weighted by atomic mass is 16.6. The summed E-state index contributed by atoms with van der Waals surface area (Å²) in [6.07, 6.45) is 3.63. The van der Waals surface area contributed by atoms with Gasteiger partial charge in [-0.1, -0.05) is 0 Å². The quantitative estimate of drug-likeness (QED) is 0.466. The first-order valence-electron chi connectivity index (χ1n) is 7.08. The van der Waals surface area contributed by atoms with Crippen LogP contribution in [0.3, 0.4) is 0 Å². The average Bonchev–Trinajstić information content (AvgIpc) is 2.92. The van der Waals surface area contributed by atoms with Crippen molar-refractivity contribution in [1.29, 1.82) is 0 Å². The molecule has 0 radical (unpaired) electrons. The molecule has 0 bridgehead atoms. The molecule has 3 rings (SSSR count). The third-order valence-corrected chi connectivity index (χ3v) is 4.33. The number of nitro groups is 1. The Labute approximate surface area is 122 Å². The molecule has 21 heavy (non-hydrogen) atoms. The molecule has 0 spiro atoms. The van der Waals surface area contributed by atoms with Gasteiger partial charge in [-0.3, -0.25) is 15.0 Å². The van der Waals surface area contributed by atoms with E-state index in [4.69, 9.17) is 5.84 Å². The first-order chi connectivity index (χ1) is 10.1. The number of nitrogens with two attached hydrogens (primary N) is 1. The molecule has 114 valence electrons. The SMILES string of the molecule is CC1CN2CCCC2CN1c1ncnc(NN)c1[N+](=O)[O-]. The van der Waals surface area contributed by atoms with E-state index in [1.54, 1.807) is 0 Å². The van der Waals surface area contributed by atoms with E-state index in [2.05, 4.69) is 27.2 Å². The number of hydrogen-bond acceptors (Lipinski definition) is 8. The van der Waals surface area contributed by atoms with Crippen molar-refractivity contribution >= 4 is 17.3 Å². The van der Waals surface area contributed by atoms with Gasteiger partial charge >= 0.3 is 5.69 Å². The maximum atomic E-state index is 11.4. The maximum Gasteiger partial charge on any atom is 0.354 e. The molecule has 9 nitrogen and oxygen atoms in total. The summed E-state index contributed by atoms with van der Waals surface area (Å²) in [5.41, 5.74) is 2.13. The van der Waals surface area contributed by atoms with Gasteiger partial charge in [-0.15, -0.1) is 0 Å². The molecule has 2 aliphatic rings. The zero-order valence-electron chi connectivity index (χ0n) is 11.9. The van der Waals surface area contributed by atoms with Crippen LogP contribution < -0.4 is 16.2 Å². The van der Waals surface area contributed by atoms with Crippen LogP contribution in [0.4, 0.5) is 17.3 Å². The smallest absolute Gasteiger partial charge is 0.345 e. The highest BCUT2D eigenvalue weighted by Crippen LogP contribution is 2.35. The lowest BCUT2D eigenvalue weighted by Gasteiger charge is -2.42. The van der Waals surface area contributed by atoms with Crippen molar-refractivity contribution in [1.82, 2.24) is 14.9 Å². The minimum absolute atomic E-state index is 0.0473. The minimum Gasteiger partial charge on any atom is -0.345 e. The molecule has 2 unspecified atom stereocenters. The molecule has 2 aliphatic heterocycles. The van der Waals surface area contributed by atoms with Crippen molar-refractivity contribution in [3.8, 4) is 0 Å². The van der Waals surface area contributed by atoms with Crippen LogP contribution in [0.2, 0.25) is 0 Å². The van der Waals surface area contributed by atoms with Crippen LogP contribution in [-0.4, -0.2) is 51.5 Å². The topological polar surface area (TPSA) is 113 Å². The van der Waals surface area contributed by atoms with Crippen LogP contribution in [0.5, 0.6) is 0 Å². The summed E-state index contributed by atoms with van der Waals surface area (Å²) in [5, 5.41) is 11.4. The molecule has 1 aromatic rings. The number of rotatable bonds is 3. The second kappa shape index (κ2) is 5.41. The largest absolute Gasteiger partial charge is 0.354 e. The van der Waals surface area contributed by atoms with Crippen LogP contribution in [-0.2, 0) is 0 Å². The van der Waals surface area contributed by atoms with Crippen LogP contribution in [0.1, 0.15) is 19.8 Å². The van der Waals surface area contributed by atoms with Crippen molar-refractivity contribution in [2.45, 2.75) is 31.8 Å². The fraction of sp³-hybridized carbons (Fsp3) is 0.667. The molecule has 3 heterocycles. The Morgan fingerprint density at radius 3 is 3.00 bits per heavy atom. The molecule has 0 aliphatic carbocycles. The Morgan fingerprint density at radius 1 is 1.48 bits per heavy atom. The summed E-state index contributed by atoms with van der Waals surface area (Å²) in [5.74, 6) is 5.73. The number of hydrogen-bond donors (Lipinski definition) is 2. The fourth-order valence-electron chi connectivity index (χ4n) is 3.34. The van der Waals surface area contributed by atoms with Gasteiger partial charge in [0, 0.05) is 25.2 Å². The van der Waals surface area contributed by atoms with E-state index in [9.17, 15) is 10.1 Å². The Balaban J connectivity index is 1.97. The number of nitrogens with one attached hydrogen (secondary N) is 1. The van der Waals surface area contributed by atoms with E-state index in [-0.39, 0.29) is 17.5 Å². The van der Waals surface area contributed by atoms with Gasteiger partial charge in [-0.05, 0) is 26.3 Å². The predicted octanol–water partition coefficient (Wildman–Crippen LogP) is 0.343. The summed E-state index contributed by atoms with van der Waals surface area (Å²) < 4.78 is 0. The molecular weight excluding hydrogens is 274 g/mol. The fourth-order valence-corrected chi connectivity index (χ4v) is 3.34. The first kappa shape index (κ1) is 14.0. The zero-order chi connectivity index (χ0) is 15.0. The third-order valence-electron chi connectivity index (χ3n) is 4.33. The summed E-state index contributed by atoms with van der Waals surface area (Å²) in [7, 11) is 0. The summed E-state index contributed by atoms with van der Waals surface area (Å²) in [6.45, 7) is 4.83. The van der Waals surface area contributed by atoms with E-state index >= 15 is 0 Å². The molecule has 1 aromatic heterocycles. The molecular formula is C12H19N7O2. The normalized spacial score (nSPS) is 25.7. The number of aromatic nitrogens is 2. The average molecular weight is 293 g/mol. The first-order valence-corrected chi connectivity index (χ1v) is 7.08. The van der Waals surface area contributed by atoms with Crippen LogP contribution >= 0.6 is 0 Å². The summed E-state index contributed by atoms with van der Waals surface area (Å²) in [4.78, 5) is 23.4. The van der Waals surface area contributed by atoms with Crippen LogP contribution in [0.15, 0.2) is 6.33 Å². The van der Waals surface area contributed by atoms with E-state index < -0.39 is 4.92 Å². The Morgan fingerprint density at radius 2 is 2.29 bits per heavy atom. The second-order valence-corrected chi connectivity index (χ2v) is 5.59. The van der Waals surface area contributed by atoms with E-state index in [0.29, 0.717) is 11.9 Å². The molecule has 9 heteroatoms. The number of piperazine rings is 1. The Hall–Kier alpha value is -2.00. The third kappa shape index (κ3) is 2.38. The second-order valence-electron chi connectivity index (χ2n) is 5.59. The number of nitrogens with zero attached hydrogens (tertiary/aromatic N) is 5. The Kier molecular flexibility index (Phi) is 3.60. The molecule has 2 atom stereocenters. The lowest BCUT2D eigenvalue weighted by atomic mass is 10.1. The number of anilines is 2. The van der Waals surface area contributed by atoms with E-state index in [0.717, 1.165) is 26.1 Å². The lowest BCUT2D eigenvalue weighted by Crippen LogP contribution is -2.55. The highest BCUT2D eigenvalue weighted by Gasteiger charge is 2.38. The van der Waals surface area contributed by atoms with Gasteiger partial charge in [0.15, 0.2) is 0 Å². The maximum absolute atomic E-state index is 11.4. The van der Waals surface area contributed by atoms with Gasteiger partial charge in [0.1, 0.15) is 6.33 Å². The predicted molar refractivity (Wildman–Crippen MR) is 77.9 cm³/mol. The van der Waals surface area contributed by atoms with Gasteiger partial charge < -0.3 is 10.3 Å². The summed E-state index contributed by atoms with van der Waals surface area (Å²) in [6, 6.07) is 0.614. The standard InChI is InChI=1S/C12H19N7O2/c1-8-5-17-4-2-3-9(17)6-18(8)12-10(19(20)21)11(16-13)14-7-15-12/h7-9H,2-6,13H2,1H3,(H,14,15,16). The van der Waals surface area contributed by atoms with Crippen molar-refractivity contribution in [3.63, 3.8) is 0 Å². The van der Waals surface area contributed by atoms with Gasteiger partial charge in [0.2, 0.25) is 11.6 Å². The molecule has 0 amide bonds. The number of hydrazine groups is 1. The molecule has 0 saturated carbocycles. The van der Waals surface area contributed by atoms with Crippen molar-refractivity contribution in [2.75, 3.05) is 30.0 Å². The van der Waals surface area contributed by atoms with E-state index in [1.807, 2.05) is 4.90 Å². The van der Waals surface area contributed by atoms with Gasteiger partial charge in [0.25, 0.3) is 0 Å². The minimum atomic E-state index is -0.474. The lowest BCUT2D eigenvalue weighted by molar-refractivity contribution is -0.383. The summed E-state index contributed by atoms with van der Waals surface area (Å²) >= 11 is 0. The van der Waals surface area contributed by atoms with Crippen LogP contribution in [0.25, 0.3) is 0 Å².